The summed E-state index contributed by atoms with van der Waals surface area (Å²) in [7, 11) is 2.18. The second-order valence-electron chi connectivity index (χ2n) is 12.3. The van der Waals surface area contributed by atoms with E-state index in [1.807, 2.05) is 0 Å². The molecule has 0 aliphatic carbocycles. The van der Waals surface area contributed by atoms with E-state index in [4.69, 9.17) is 0 Å². The number of nitrogens with zero attached hydrogens (tertiary/aromatic N) is 2. The van der Waals surface area contributed by atoms with E-state index in [1.54, 1.807) is 0 Å². The van der Waals surface area contributed by atoms with Gasteiger partial charge in [-0.15, -0.1) is 0 Å². The van der Waals surface area contributed by atoms with Gasteiger partial charge in [-0.3, -0.25) is 0 Å². The van der Waals surface area contributed by atoms with E-state index < -0.39 is 0 Å². The van der Waals surface area contributed by atoms with Gasteiger partial charge in [0.15, 0.2) is 0 Å². The fourth-order valence-corrected chi connectivity index (χ4v) is 7.16. The maximum absolute atomic E-state index is 2.35. The van der Waals surface area contributed by atoms with E-state index >= 15 is 0 Å². The highest BCUT2D eigenvalue weighted by Crippen LogP contribution is 2.40. The van der Waals surface area contributed by atoms with E-state index in [1.165, 1.54) is 65.6 Å². The molecular weight excluding hydrogens is 569 g/mol. The van der Waals surface area contributed by atoms with Crippen molar-refractivity contribution in [2.45, 2.75) is 0 Å². The van der Waals surface area contributed by atoms with E-state index in [-0.39, 0.29) is 0 Å². The highest BCUT2D eigenvalue weighted by Gasteiger charge is 2.15. The van der Waals surface area contributed by atoms with Crippen molar-refractivity contribution < 1.29 is 0 Å². The maximum atomic E-state index is 2.35. The van der Waals surface area contributed by atoms with Gasteiger partial charge in [0.2, 0.25) is 0 Å². The Bertz CT molecular complexity index is 2560. The first-order valence-corrected chi connectivity index (χ1v) is 16.2. The van der Waals surface area contributed by atoms with E-state index in [0.29, 0.717) is 0 Å². The number of aryl methyl sites for hydroxylation is 1. The molecule has 0 N–H and O–H groups in total. The number of benzene rings is 8. The van der Waals surface area contributed by atoms with Crippen LogP contribution >= 0.6 is 0 Å². The monoisotopic (exact) mass is 600 g/mol. The lowest BCUT2D eigenvalue weighted by molar-refractivity contribution is 1.02. The number of aromatic nitrogens is 1. The van der Waals surface area contributed by atoms with Crippen LogP contribution in [0.25, 0.3) is 65.6 Å². The molecular formula is C45H32N2. The Labute approximate surface area is 274 Å². The first-order chi connectivity index (χ1) is 23.2. The predicted octanol–water partition coefficient (Wildman–Crippen LogP) is 12.4. The summed E-state index contributed by atoms with van der Waals surface area (Å²) >= 11 is 0. The molecule has 9 aromatic rings. The fraction of sp³-hybridized carbons (Fsp3) is 0.0222. The van der Waals surface area contributed by atoms with Gasteiger partial charge >= 0.3 is 0 Å². The standard InChI is InChI=1S/C45H32N2/c1-46-43-17-9-16-41(45(43)42-29-36-12-7-8-13-37(36)30-44(42)46)34-20-18-32(19-21-34)33-22-25-39(26-23-33)47(38-14-3-2-4-15-38)40-27-24-31-10-5-6-11-35(31)28-40/h2-30H,1H3. The minimum absolute atomic E-state index is 1.13. The molecule has 0 saturated carbocycles. The molecule has 0 saturated heterocycles. The molecule has 8 aromatic carbocycles. The van der Waals surface area contributed by atoms with Crippen LogP contribution in [0.2, 0.25) is 0 Å². The van der Waals surface area contributed by atoms with Crippen molar-refractivity contribution in [3.8, 4) is 22.3 Å². The first kappa shape index (κ1) is 27.2. The number of anilines is 3. The summed E-state index contributed by atoms with van der Waals surface area (Å²) in [4.78, 5) is 2.33. The molecule has 1 aromatic heterocycles. The summed E-state index contributed by atoms with van der Waals surface area (Å²) in [6, 6.07) is 63.7. The molecule has 2 nitrogen and oxygen atoms in total. The molecule has 2 heteroatoms. The quantitative estimate of drug-likeness (QED) is 0.191. The SMILES string of the molecule is Cn1c2cc3ccccc3cc2c2c(-c3ccc(-c4ccc(N(c5ccccc5)c5ccc6ccccc6c5)cc4)cc3)cccc21. The van der Waals surface area contributed by atoms with Gasteiger partial charge in [-0.25, -0.2) is 0 Å². The van der Waals surface area contributed by atoms with Crippen molar-refractivity contribution in [1.29, 1.82) is 0 Å². The van der Waals surface area contributed by atoms with Gasteiger partial charge in [0, 0.05) is 45.9 Å². The lowest BCUT2D eigenvalue weighted by Crippen LogP contribution is -2.09. The zero-order chi connectivity index (χ0) is 31.3. The van der Waals surface area contributed by atoms with Crippen LogP contribution in [0.4, 0.5) is 17.1 Å². The van der Waals surface area contributed by atoms with Gasteiger partial charge in [-0.2, -0.15) is 0 Å². The molecule has 0 aliphatic rings. The summed E-state index contributed by atoms with van der Waals surface area (Å²) < 4.78 is 2.33. The van der Waals surface area contributed by atoms with Crippen LogP contribution in [0, 0.1) is 0 Å². The summed E-state index contributed by atoms with van der Waals surface area (Å²) in [6.45, 7) is 0. The normalized spacial score (nSPS) is 11.5. The molecule has 222 valence electrons. The zero-order valence-corrected chi connectivity index (χ0v) is 26.1. The molecule has 0 aliphatic heterocycles. The molecule has 0 spiro atoms. The Kier molecular flexibility index (Phi) is 6.39. The molecule has 0 radical (unpaired) electrons. The molecule has 47 heavy (non-hydrogen) atoms. The number of hydrogen-bond donors (Lipinski definition) is 0. The van der Waals surface area contributed by atoms with Crippen molar-refractivity contribution in [2.24, 2.45) is 7.05 Å². The Balaban J connectivity index is 1.08. The van der Waals surface area contributed by atoms with E-state index in [2.05, 4.69) is 192 Å². The third-order valence-corrected chi connectivity index (χ3v) is 9.56. The molecule has 0 bridgehead atoms. The molecule has 0 unspecified atom stereocenters. The average molecular weight is 601 g/mol. The van der Waals surface area contributed by atoms with E-state index in [0.717, 1.165) is 17.1 Å². The lowest BCUT2D eigenvalue weighted by Gasteiger charge is -2.26. The van der Waals surface area contributed by atoms with Gasteiger partial charge in [-0.05, 0) is 98.4 Å². The van der Waals surface area contributed by atoms with Crippen LogP contribution in [0.15, 0.2) is 176 Å². The van der Waals surface area contributed by atoms with Crippen LogP contribution in [-0.2, 0) is 7.05 Å². The van der Waals surface area contributed by atoms with Gasteiger partial charge in [-0.1, -0.05) is 121 Å². The lowest BCUT2D eigenvalue weighted by atomic mass is 9.96. The number of hydrogen-bond acceptors (Lipinski definition) is 1. The largest absolute Gasteiger partial charge is 0.344 e. The zero-order valence-electron chi connectivity index (χ0n) is 26.1. The van der Waals surface area contributed by atoms with Crippen LogP contribution in [-0.4, -0.2) is 4.57 Å². The van der Waals surface area contributed by atoms with Crippen molar-refractivity contribution in [1.82, 2.24) is 4.57 Å². The smallest absolute Gasteiger partial charge is 0.0495 e. The number of fused-ring (bicyclic) bond motifs is 5. The number of para-hydroxylation sites is 1. The van der Waals surface area contributed by atoms with Gasteiger partial charge in [0.25, 0.3) is 0 Å². The Hall–Kier alpha value is -6.12. The van der Waals surface area contributed by atoms with Gasteiger partial charge in [0.05, 0.1) is 0 Å². The predicted molar refractivity (Wildman–Crippen MR) is 201 cm³/mol. The molecule has 0 fully saturated rings. The minimum Gasteiger partial charge on any atom is -0.344 e. The van der Waals surface area contributed by atoms with Crippen molar-refractivity contribution >= 4 is 60.4 Å². The third-order valence-electron chi connectivity index (χ3n) is 9.56. The molecule has 0 amide bonds. The third kappa shape index (κ3) is 4.65. The maximum Gasteiger partial charge on any atom is 0.0495 e. The van der Waals surface area contributed by atoms with Gasteiger partial charge in [0.1, 0.15) is 0 Å². The Morgan fingerprint density at radius 3 is 1.66 bits per heavy atom. The highest BCUT2D eigenvalue weighted by atomic mass is 15.1. The number of rotatable bonds is 5. The summed E-state index contributed by atoms with van der Waals surface area (Å²) in [5.74, 6) is 0. The van der Waals surface area contributed by atoms with Crippen LogP contribution < -0.4 is 4.90 Å². The van der Waals surface area contributed by atoms with Crippen molar-refractivity contribution in [3.63, 3.8) is 0 Å². The average Bonchev–Trinajstić information content (AvgIpc) is 3.42. The molecule has 1 heterocycles. The second kappa shape index (κ2) is 11.0. The molecule has 9 rings (SSSR count). The second-order valence-corrected chi connectivity index (χ2v) is 12.3. The summed E-state index contributed by atoms with van der Waals surface area (Å²) in [5, 5.41) is 7.62. The summed E-state index contributed by atoms with van der Waals surface area (Å²) in [6.07, 6.45) is 0. The Morgan fingerprint density at radius 1 is 0.383 bits per heavy atom. The minimum atomic E-state index is 1.13. The van der Waals surface area contributed by atoms with Crippen LogP contribution in [0.1, 0.15) is 0 Å². The topological polar surface area (TPSA) is 8.17 Å². The van der Waals surface area contributed by atoms with Crippen LogP contribution in [0.5, 0.6) is 0 Å². The fourth-order valence-electron chi connectivity index (χ4n) is 7.16. The van der Waals surface area contributed by atoms with Gasteiger partial charge < -0.3 is 9.47 Å². The summed E-state index contributed by atoms with van der Waals surface area (Å²) in [5.41, 5.74) is 10.8. The van der Waals surface area contributed by atoms with Crippen molar-refractivity contribution in [2.75, 3.05) is 4.90 Å². The first-order valence-electron chi connectivity index (χ1n) is 16.2. The highest BCUT2D eigenvalue weighted by molar-refractivity contribution is 6.17. The van der Waals surface area contributed by atoms with E-state index in [9.17, 15) is 0 Å². The van der Waals surface area contributed by atoms with Crippen molar-refractivity contribution in [3.05, 3.63) is 176 Å². The molecule has 0 atom stereocenters. The Morgan fingerprint density at radius 2 is 0.936 bits per heavy atom. The van der Waals surface area contributed by atoms with Crippen LogP contribution in [0.3, 0.4) is 0 Å².